The van der Waals surface area contributed by atoms with Gasteiger partial charge in [0.25, 0.3) is 0 Å². The van der Waals surface area contributed by atoms with Crippen molar-refractivity contribution in [2.45, 2.75) is 71.1 Å². The van der Waals surface area contributed by atoms with Crippen molar-refractivity contribution in [3.63, 3.8) is 0 Å². The summed E-state index contributed by atoms with van der Waals surface area (Å²) in [5.41, 5.74) is 5.71. The minimum Gasteiger partial charge on any atom is -0.355 e. The molecule has 2 saturated carbocycles. The van der Waals surface area contributed by atoms with Crippen LogP contribution in [0, 0.1) is 17.3 Å². The summed E-state index contributed by atoms with van der Waals surface area (Å²) < 4.78 is 0. The number of amides is 1. The fourth-order valence-electron chi connectivity index (χ4n) is 4.10. The molecule has 3 heteroatoms. The van der Waals surface area contributed by atoms with Crippen LogP contribution in [-0.4, -0.2) is 19.0 Å². The molecule has 116 valence electrons. The summed E-state index contributed by atoms with van der Waals surface area (Å²) >= 11 is 0. The molecule has 2 atom stereocenters. The number of hydrogen-bond donors (Lipinski definition) is 2. The molecule has 2 fully saturated rings. The molecule has 20 heavy (non-hydrogen) atoms. The molecular formula is C17H32N2O. The number of nitrogens with two attached hydrogens (primary N) is 1. The molecule has 0 heterocycles. The van der Waals surface area contributed by atoms with Crippen molar-refractivity contribution in [1.29, 1.82) is 0 Å². The van der Waals surface area contributed by atoms with Gasteiger partial charge >= 0.3 is 0 Å². The smallest absolute Gasteiger partial charge is 0.227 e. The second-order valence-corrected chi connectivity index (χ2v) is 7.25. The van der Waals surface area contributed by atoms with Gasteiger partial charge in [-0.3, -0.25) is 4.79 Å². The zero-order valence-electron chi connectivity index (χ0n) is 13.1. The Morgan fingerprint density at radius 3 is 2.45 bits per heavy atom. The first kappa shape index (κ1) is 15.8. The van der Waals surface area contributed by atoms with Crippen molar-refractivity contribution in [2.75, 3.05) is 13.1 Å². The highest BCUT2D eigenvalue weighted by molar-refractivity contribution is 5.82. The Morgan fingerprint density at radius 2 is 1.85 bits per heavy atom. The fraction of sp³-hybridized carbons (Fsp3) is 0.941. The van der Waals surface area contributed by atoms with E-state index < -0.39 is 0 Å². The van der Waals surface area contributed by atoms with Crippen molar-refractivity contribution >= 4 is 5.91 Å². The SMILES string of the molecule is CC1CCCC(CNC(=O)C2(CN)CCCCCC2)C1. The molecule has 0 radical (unpaired) electrons. The number of rotatable bonds is 4. The summed E-state index contributed by atoms with van der Waals surface area (Å²) in [7, 11) is 0. The van der Waals surface area contributed by atoms with Crippen LogP contribution in [0.1, 0.15) is 71.1 Å². The fourth-order valence-corrected chi connectivity index (χ4v) is 4.10. The summed E-state index contributed by atoms with van der Waals surface area (Å²) in [6.07, 6.45) is 12.0. The molecule has 1 amide bonds. The highest BCUT2D eigenvalue weighted by Crippen LogP contribution is 2.35. The Bertz CT molecular complexity index is 308. The van der Waals surface area contributed by atoms with Gasteiger partial charge in [0.1, 0.15) is 0 Å². The lowest BCUT2D eigenvalue weighted by Crippen LogP contribution is -2.47. The highest BCUT2D eigenvalue weighted by atomic mass is 16.2. The summed E-state index contributed by atoms with van der Waals surface area (Å²) in [5, 5.41) is 3.24. The zero-order valence-corrected chi connectivity index (χ0v) is 13.1. The number of carbonyl (C=O) groups is 1. The maximum absolute atomic E-state index is 12.6. The lowest BCUT2D eigenvalue weighted by atomic mass is 9.78. The van der Waals surface area contributed by atoms with Gasteiger partial charge in [-0.1, -0.05) is 45.4 Å². The lowest BCUT2D eigenvalue weighted by Gasteiger charge is -2.32. The van der Waals surface area contributed by atoms with E-state index in [-0.39, 0.29) is 11.3 Å². The van der Waals surface area contributed by atoms with Gasteiger partial charge < -0.3 is 11.1 Å². The first-order chi connectivity index (χ1) is 9.66. The maximum Gasteiger partial charge on any atom is 0.227 e. The molecular weight excluding hydrogens is 248 g/mol. The van der Waals surface area contributed by atoms with Crippen LogP contribution >= 0.6 is 0 Å². The van der Waals surface area contributed by atoms with Crippen LogP contribution in [0.4, 0.5) is 0 Å². The molecule has 0 aliphatic heterocycles. The molecule has 2 aliphatic carbocycles. The average Bonchev–Trinajstić information content (AvgIpc) is 2.71. The molecule has 0 spiro atoms. The first-order valence-corrected chi connectivity index (χ1v) is 8.65. The van der Waals surface area contributed by atoms with E-state index in [0.717, 1.165) is 38.1 Å². The number of carbonyl (C=O) groups excluding carboxylic acids is 1. The average molecular weight is 280 g/mol. The standard InChI is InChI=1S/C17H32N2O/c1-14-7-6-8-15(11-14)12-19-16(20)17(13-18)9-4-2-3-5-10-17/h14-15H,2-13,18H2,1H3,(H,19,20). The molecule has 0 aromatic heterocycles. The van der Waals surface area contributed by atoms with E-state index in [1.165, 1.54) is 38.5 Å². The van der Waals surface area contributed by atoms with Gasteiger partial charge in [0, 0.05) is 13.1 Å². The van der Waals surface area contributed by atoms with Crippen LogP contribution in [0.3, 0.4) is 0 Å². The molecule has 3 N–H and O–H groups in total. The molecule has 3 nitrogen and oxygen atoms in total. The maximum atomic E-state index is 12.6. The van der Waals surface area contributed by atoms with Crippen LogP contribution in [-0.2, 0) is 4.79 Å². The monoisotopic (exact) mass is 280 g/mol. The lowest BCUT2D eigenvalue weighted by molar-refractivity contribution is -0.131. The van der Waals surface area contributed by atoms with Crippen LogP contribution in [0.2, 0.25) is 0 Å². The topological polar surface area (TPSA) is 55.1 Å². The van der Waals surface area contributed by atoms with Crippen molar-refractivity contribution in [1.82, 2.24) is 5.32 Å². The number of hydrogen-bond acceptors (Lipinski definition) is 2. The molecule has 0 aromatic carbocycles. The van der Waals surface area contributed by atoms with Crippen LogP contribution in [0.15, 0.2) is 0 Å². The Kier molecular flexibility index (Phi) is 5.88. The summed E-state index contributed by atoms with van der Waals surface area (Å²) in [6, 6.07) is 0. The molecule has 2 rings (SSSR count). The quantitative estimate of drug-likeness (QED) is 0.777. The van der Waals surface area contributed by atoms with Crippen LogP contribution in [0.25, 0.3) is 0 Å². The van der Waals surface area contributed by atoms with E-state index in [1.807, 2.05) is 0 Å². The predicted octanol–water partition coefficient (Wildman–Crippen LogP) is 3.23. The van der Waals surface area contributed by atoms with E-state index in [0.29, 0.717) is 12.5 Å². The van der Waals surface area contributed by atoms with Crippen molar-refractivity contribution in [2.24, 2.45) is 23.0 Å². The van der Waals surface area contributed by atoms with Gasteiger partial charge in [0.05, 0.1) is 5.41 Å². The van der Waals surface area contributed by atoms with E-state index >= 15 is 0 Å². The van der Waals surface area contributed by atoms with Crippen molar-refractivity contribution in [3.8, 4) is 0 Å². The van der Waals surface area contributed by atoms with Gasteiger partial charge in [-0.05, 0) is 37.5 Å². The third-order valence-corrected chi connectivity index (χ3v) is 5.53. The third kappa shape index (κ3) is 3.97. The Balaban J connectivity index is 1.85. The van der Waals surface area contributed by atoms with Crippen molar-refractivity contribution < 1.29 is 4.79 Å². The molecule has 0 saturated heterocycles. The minimum atomic E-state index is -0.267. The Hall–Kier alpha value is -0.570. The largest absolute Gasteiger partial charge is 0.355 e. The second-order valence-electron chi connectivity index (χ2n) is 7.25. The van der Waals surface area contributed by atoms with Crippen molar-refractivity contribution in [3.05, 3.63) is 0 Å². The predicted molar refractivity (Wildman–Crippen MR) is 83.3 cm³/mol. The molecule has 2 aliphatic rings. The first-order valence-electron chi connectivity index (χ1n) is 8.65. The van der Waals surface area contributed by atoms with Gasteiger partial charge in [-0.2, -0.15) is 0 Å². The van der Waals surface area contributed by atoms with Crippen LogP contribution < -0.4 is 11.1 Å². The second kappa shape index (κ2) is 7.44. The summed E-state index contributed by atoms with van der Waals surface area (Å²) in [4.78, 5) is 12.6. The zero-order chi connectivity index (χ0) is 14.4. The summed E-state index contributed by atoms with van der Waals surface area (Å²) in [6.45, 7) is 3.71. The van der Waals surface area contributed by atoms with Gasteiger partial charge in [-0.25, -0.2) is 0 Å². The third-order valence-electron chi connectivity index (χ3n) is 5.53. The Labute approximate surface area is 124 Å². The number of nitrogens with one attached hydrogen (secondary N) is 1. The normalized spacial score (nSPS) is 30.5. The molecule has 2 unspecified atom stereocenters. The van der Waals surface area contributed by atoms with E-state index in [9.17, 15) is 4.79 Å². The van der Waals surface area contributed by atoms with Gasteiger partial charge in [0.15, 0.2) is 0 Å². The van der Waals surface area contributed by atoms with Gasteiger partial charge in [0.2, 0.25) is 5.91 Å². The summed E-state index contributed by atoms with van der Waals surface area (Å²) in [5.74, 6) is 1.75. The molecule has 0 bridgehead atoms. The highest BCUT2D eigenvalue weighted by Gasteiger charge is 2.37. The van der Waals surface area contributed by atoms with E-state index in [1.54, 1.807) is 0 Å². The molecule has 0 aromatic rings. The minimum absolute atomic E-state index is 0.236. The van der Waals surface area contributed by atoms with Crippen LogP contribution in [0.5, 0.6) is 0 Å². The van der Waals surface area contributed by atoms with Gasteiger partial charge in [-0.15, -0.1) is 0 Å². The Morgan fingerprint density at radius 1 is 1.15 bits per heavy atom. The van der Waals surface area contributed by atoms with E-state index in [4.69, 9.17) is 5.73 Å². The van der Waals surface area contributed by atoms with E-state index in [2.05, 4.69) is 12.2 Å².